The molecule has 0 amide bonds. The molecule has 0 bridgehead atoms. The number of hydrogen-bond acceptors (Lipinski definition) is 3. The van der Waals surface area contributed by atoms with E-state index in [4.69, 9.17) is 27.9 Å². The molecule has 2 nitrogen and oxygen atoms in total. The van der Waals surface area contributed by atoms with Crippen LogP contribution in [0.5, 0.6) is 5.75 Å². The van der Waals surface area contributed by atoms with Gasteiger partial charge in [0, 0.05) is 0 Å². The third kappa shape index (κ3) is 3.72. The van der Waals surface area contributed by atoms with Gasteiger partial charge in [0.1, 0.15) is 10.1 Å². The molecule has 0 aliphatic rings. The lowest BCUT2D eigenvalue weighted by Crippen LogP contribution is -2.11. The maximum atomic E-state index is 11.9. The van der Waals surface area contributed by atoms with E-state index >= 15 is 0 Å². The summed E-state index contributed by atoms with van der Waals surface area (Å²) in [4.78, 5) is 11.9. The Balaban J connectivity index is 1.98. The number of halogens is 2. The van der Waals surface area contributed by atoms with Crippen molar-refractivity contribution in [3.05, 3.63) is 50.1 Å². The predicted molar refractivity (Wildman–Crippen MR) is 80.0 cm³/mol. The Kier molecular flexibility index (Phi) is 4.86. The van der Waals surface area contributed by atoms with Crippen LogP contribution in [0.3, 0.4) is 0 Å². The quantitative estimate of drug-likeness (QED) is 0.735. The maximum Gasteiger partial charge on any atom is 0.202 e. The summed E-state index contributed by atoms with van der Waals surface area (Å²) in [6.45, 7) is 2.04. The van der Waals surface area contributed by atoms with Crippen LogP contribution < -0.4 is 4.74 Å². The van der Waals surface area contributed by atoms with E-state index in [2.05, 4.69) is 6.92 Å². The van der Waals surface area contributed by atoms with Gasteiger partial charge in [-0.3, -0.25) is 4.79 Å². The van der Waals surface area contributed by atoms with Crippen LogP contribution in [0.4, 0.5) is 0 Å². The first-order chi connectivity index (χ1) is 9.10. The number of ketones is 1. The molecule has 1 aromatic heterocycles. The Morgan fingerprint density at radius 1 is 1.26 bits per heavy atom. The van der Waals surface area contributed by atoms with E-state index in [9.17, 15) is 4.79 Å². The standard InChI is InChI=1S/C14H12Cl2O2S/c1-2-9-3-5-10(6-4-9)18-8-12(17)11-7-13(15)19-14(11)16/h3-7H,2,8H2,1H3. The Morgan fingerprint density at radius 2 is 1.95 bits per heavy atom. The van der Waals surface area contributed by atoms with Gasteiger partial charge in [0.25, 0.3) is 0 Å². The summed E-state index contributed by atoms with van der Waals surface area (Å²) in [7, 11) is 0. The second-order valence-electron chi connectivity index (χ2n) is 3.95. The number of benzene rings is 1. The van der Waals surface area contributed by atoms with Gasteiger partial charge in [-0.2, -0.15) is 0 Å². The lowest BCUT2D eigenvalue weighted by atomic mass is 10.2. The summed E-state index contributed by atoms with van der Waals surface area (Å²) >= 11 is 12.9. The van der Waals surface area contributed by atoms with Crippen molar-refractivity contribution < 1.29 is 9.53 Å². The molecular weight excluding hydrogens is 303 g/mol. The van der Waals surface area contributed by atoms with Crippen molar-refractivity contribution >= 4 is 40.3 Å². The number of hydrogen-bond donors (Lipinski definition) is 0. The lowest BCUT2D eigenvalue weighted by molar-refractivity contribution is 0.0922. The van der Waals surface area contributed by atoms with Crippen LogP contribution in [0.25, 0.3) is 0 Å². The fourth-order valence-electron chi connectivity index (χ4n) is 1.58. The number of carbonyl (C=O) groups is 1. The second kappa shape index (κ2) is 6.42. The Morgan fingerprint density at radius 3 is 2.47 bits per heavy atom. The SMILES string of the molecule is CCc1ccc(OCC(=O)c2cc(Cl)sc2Cl)cc1. The van der Waals surface area contributed by atoms with Crippen LogP contribution in [0, 0.1) is 0 Å². The Labute approximate surface area is 125 Å². The minimum atomic E-state index is -0.173. The molecule has 0 saturated carbocycles. The third-order valence-electron chi connectivity index (χ3n) is 2.66. The van der Waals surface area contributed by atoms with Gasteiger partial charge in [-0.15, -0.1) is 11.3 Å². The summed E-state index contributed by atoms with van der Waals surface area (Å²) in [5.74, 6) is 0.496. The molecule has 0 atom stereocenters. The summed E-state index contributed by atoms with van der Waals surface area (Å²) in [5, 5.41) is 0. The van der Waals surface area contributed by atoms with Gasteiger partial charge in [-0.25, -0.2) is 0 Å². The summed E-state index contributed by atoms with van der Waals surface area (Å²) in [5.41, 5.74) is 1.65. The molecule has 0 spiro atoms. The van der Waals surface area contributed by atoms with Crippen LogP contribution in [0.15, 0.2) is 30.3 Å². The van der Waals surface area contributed by atoms with Gasteiger partial charge in [0.2, 0.25) is 5.78 Å². The zero-order valence-electron chi connectivity index (χ0n) is 10.3. The molecule has 100 valence electrons. The molecule has 2 aromatic rings. The average Bonchev–Trinajstić information content (AvgIpc) is 2.75. The highest BCUT2D eigenvalue weighted by Crippen LogP contribution is 2.31. The van der Waals surface area contributed by atoms with Crippen molar-refractivity contribution in [1.29, 1.82) is 0 Å². The lowest BCUT2D eigenvalue weighted by Gasteiger charge is -2.05. The van der Waals surface area contributed by atoms with E-state index in [1.807, 2.05) is 24.3 Å². The molecule has 0 saturated heterocycles. The van der Waals surface area contributed by atoms with Crippen molar-refractivity contribution in [1.82, 2.24) is 0 Å². The van der Waals surface area contributed by atoms with Gasteiger partial charge in [0.15, 0.2) is 6.61 Å². The first-order valence-electron chi connectivity index (χ1n) is 5.80. The summed E-state index contributed by atoms with van der Waals surface area (Å²) in [6.07, 6.45) is 0.974. The summed E-state index contributed by atoms with van der Waals surface area (Å²) < 4.78 is 6.34. The Hall–Kier alpha value is -1.03. The van der Waals surface area contributed by atoms with E-state index in [0.717, 1.165) is 6.42 Å². The summed E-state index contributed by atoms with van der Waals surface area (Å²) in [6, 6.07) is 9.24. The number of rotatable bonds is 5. The molecule has 0 aliphatic carbocycles. The molecule has 0 N–H and O–H groups in total. The zero-order valence-corrected chi connectivity index (χ0v) is 12.6. The van der Waals surface area contributed by atoms with E-state index in [0.29, 0.717) is 20.0 Å². The van der Waals surface area contributed by atoms with Crippen LogP contribution in [0.1, 0.15) is 22.8 Å². The van der Waals surface area contributed by atoms with Crippen molar-refractivity contribution in [2.45, 2.75) is 13.3 Å². The number of thiophene rings is 1. The molecule has 1 aromatic carbocycles. The first kappa shape index (κ1) is 14.4. The normalized spacial score (nSPS) is 10.5. The molecule has 0 aliphatic heterocycles. The molecule has 0 radical (unpaired) electrons. The predicted octanol–water partition coefficient (Wildman–Crippen LogP) is 4.88. The largest absolute Gasteiger partial charge is 0.485 e. The van der Waals surface area contributed by atoms with E-state index in [1.54, 1.807) is 6.07 Å². The van der Waals surface area contributed by atoms with Crippen molar-refractivity contribution in [2.24, 2.45) is 0 Å². The fraction of sp³-hybridized carbons (Fsp3) is 0.214. The number of aryl methyl sites for hydroxylation is 1. The maximum absolute atomic E-state index is 11.9. The highest BCUT2D eigenvalue weighted by molar-refractivity contribution is 7.20. The first-order valence-corrected chi connectivity index (χ1v) is 7.37. The average molecular weight is 315 g/mol. The molecule has 1 heterocycles. The smallest absolute Gasteiger partial charge is 0.202 e. The van der Waals surface area contributed by atoms with Crippen molar-refractivity contribution in [3.8, 4) is 5.75 Å². The molecule has 5 heteroatoms. The molecule has 0 fully saturated rings. The topological polar surface area (TPSA) is 26.3 Å². The van der Waals surface area contributed by atoms with Gasteiger partial charge >= 0.3 is 0 Å². The zero-order chi connectivity index (χ0) is 13.8. The minimum absolute atomic E-state index is 0.0434. The van der Waals surface area contributed by atoms with E-state index in [-0.39, 0.29) is 12.4 Å². The van der Waals surface area contributed by atoms with Gasteiger partial charge in [-0.1, -0.05) is 42.3 Å². The van der Waals surface area contributed by atoms with Gasteiger partial charge in [-0.05, 0) is 30.2 Å². The Bertz CT molecular complexity index is 576. The van der Waals surface area contributed by atoms with Crippen molar-refractivity contribution in [2.75, 3.05) is 6.61 Å². The van der Waals surface area contributed by atoms with E-state index < -0.39 is 0 Å². The monoisotopic (exact) mass is 314 g/mol. The van der Waals surface area contributed by atoms with Crippen molar-refractivity contribution in [3.63, 3.8) is 0 Å². The van der Waals surface area contributed by atoms with E-state index in [1.165, 1.54) is 16.9 Å². The highest BCUT2D eigenvalue weighted by atomic mass is 35.5. The molecular formula is C14H12Cl2O2S. The van der Waals surface area contributed by atoms with Crippen LogP contribution in [-0.4, -0.2) is 12.4 Å². The fourth-order valence-corrected chi connectivity index (χ4v) is 3.08. The van der Waals surface area contributed by atoms with Crippen LogP contribution in [0.2, 0.25) is 8.67 Å². The molecule has 0 unspecified atom stereocenters. The molecule has 2 rings (SSSR count). The third-order valence-corrected chi connectivity index (χ3v) is 4.15. The second-order valence-corrected chi connectivity index (χ2v) is 6.23. The van der Waals surface area contributed by atoms with Crippen LogP contribution in [-0.2, 0) is 6.42 Å². The molecule has 19 heavy (non-hydrogen) atoms. The minimum Gasteiger partial charge on any atom is -0.485 e. The number of carbonyl (C=O) groups excluding carboxylic acids is 1. The van der Waals surface area contributed by atoms with Gasteiger partial charge < -0.3 is 4.74 Å². The number of ether oxygens (including phenoxy) is 1. The van der Waals surface area contributed by atoms with Gasteiger partial charge in [0.05, 0.1) is 9.90 Å². The van der Waals surface area contributed by atoms with Crippen LogP contribution >= 0.6 is 34.5 Å². The number of Topliss-reactive ketones (excluding diaryl/α,β-unsaturated/α-hetero) is 1. The highest BCUT2D eigenvalue weighted by Gasteiger charge is 2.14.